The molecule has 0 spiro atoms. The summed E-state index contributed by atoms with van der Waals surface area (Å²) in [6, 6.07) is 14.3. The van der Waals surface area contributed by atoms with E-state index in [-0.39, 0.29) is 11.6 Å². The minimum Gasteiger partial charge on any atom is -0.324 e. The van der Waals surface area contributed by atoms with Crippen molar-refractivity contribution in [3.8, 4) is 6.07 Å². The first-order chi connectivity index (χ1) is 13.4. The molecule has 1 amide bonds. The first-order valence-corrected chi connectivity index (χ1v) is 8.94. The highest BCUT2D eigenvalue weighted by atomic mass is 35.5. The van der Waals surface area contributed by atoms with E-state index in [1.807, 2.05) is 19.9 Å². The van der Waals surface area contributed by atoms with Gasteiger partial charge in [0.2, 0.25) is 5.95 Å². The summed E-state index contributed by atoms with van der Waals surface area (Å²) in [6.07, 6.45) is 0. The summed E-state index contributed by atoms with van der Waals surface area (Å²) in [5.74, 6) is -0.0798. The number of nitriles is 1. The number of carbonyl (C=O) groups is 1. The fourth-order valence-electron chi connectivity index (χ4n) is 2.75. The molecule has 140 valence electrons. The number of hydrogen-bond donors (Lipinski definition) is 2. The van der Waals surface area contributed by atoms with Crippen molar-refractivity contribution in [3.05, 3.63) is 75.6 Å². The van der Waals surface area contributed by atoms with E-state index in [0.29, 0.717) is 33.6 Å². The molecule has 0 aliphatic carbocycles. The van der Waals surface area contributed by atoms with Gasteiger partial charge in [0.15, 0.2) is 0 Å². The van der Waals surface area contributed by atoms with Crippen LogP contribution in [0, 0.1) is 32.1 Å². The van der Waals surface area contributed by atoms with E-state index < -0.39 is 0 Å². The number of nitrogens with zero attached hydrogens (tertiary/aromatic N) is 3. The Morgan fingerprint density at radius 1 is 1.07 bits per heavy atom. The second-order valence-electron chi connectivity index (χ2n) is 6.43. The maximum Gasteiger partial charge on any atom is 0.274 e. The van der Waals surface area contributed by atoms with Gasteiger partial charge in [-0.15, -0.1) is 0 Å². The van der Waals surface area contributed by atoms with Crippen LogP contribution in [0.1, 0.15) is 32.9 Å². The number of carbonyl (C=O) groups excluding carboxylic acids is 1. The number of halogens is 1. The molecule has 6 nitrogen and oxygen atoms in total. The van der Waals surface area contributed by atoms with Gasteiger partial charge in [-0.2, -0.15) is 5.26 Å². The molecule has 2 aromatic carbocycles. The van der Waals surface area contributed by atoms with Crippen LogP contribution in [-0.2, 0) is 0 Å². The number of aromatic nitrogens is 2. The molecular weight excluding hydrogens is 374 g/mol. The van der Waals surface area contributed by atoms with Gasteiger partial charge in [-0.1, -0.05) is 17.7 Å². The van der Waals surface area contributed by atoms with Crippen molar-refractivity contribution in [1.82, 2.24) is 9.97 Å². The fraction of sp³-hybridized carbons (Fsp3) is 0.143. The maximum atomic E-state index is 12.7. The van der Waals surface area contributed by atoms with E-state index in [4.69, 9.17) is 16.9 Å². The van der Waals surface area contributed by atoms with Gasteiger partial charge in [-0.3, -0.25) is 4.79 Å². The Morgan fingerprint density at radius 2 is 1.79 bits per heavy atom. The summed E-state index contributed by atoms with van der Waals surface area (Å²) in [5, 5.41) is 15.2. The number of rotatable bonds is 4. The molecule has 1 aromatic heterocycles. The van der Waals surface area contributed by atoms with Gasteiger partial charge >= 0.3 is 0 Å². The van der Waals surface area contributed by atoms with E-state index in [2.05, 4.69) is 26.7 Å². The van der Waals surface area contributed by atoms with Crippen LogP contribution in [0.15, 0.2) is 42.5 Å². The molecular formula is C21H18ClN5O. The van der Waals surface area contributed by atoms with Crippen molar-refractivity contribution in [1.29, 1.82) is 5.26 Å². The first-order valence-electron chi connectivity index (χ1n) is 8.56. The van der Waals surface area contributed by atoms with Gasteiger partial charge < -0.3 is 10.6 Å². The standard InChI is InChI=1S/C21H18ClN5O/c1-12-8-13(2)19(17(22)9-12)27-20(28)18-10-14(3)24-21(26-18)25-16-6-4-15(11-23)5-7-16/h4-10H,1-3H3,(H,27,28)(H,24,25,26). The third-order valence-corrected chi connectivity index (χ3v) is 4.33. The molecule has 0 saturated heterocycles. The van der Waals surface area contributed by atoms with Gasteiger partial charge in [0.25, 0.3) is 5.91 Å². The second kappa shape index (κ2) is 8.07. The highest BCUT2D eigenvalue weighted by Gasteiger charge is 2.14. The smallest absolute Gasteiger partial charge is 0.274 e. The van der Waals surface area contributed by atoms with E-state index in [1.54, 1.807) is 43.3 Å². The summed E-state index contributed by atoms with van der Waals surface area (Å²) in [7, 11) is 0. The van der Waals surface area contributed by atoms with Crippen molar-refractivity contribution in [3.63, 3.8) is 0 Å². The quantitative estimate of drug-likeness (QED) is 0.658. The minimum atomic E-state index is -0.373. The number of aryl methyl sites for hydroxylation is 3. The van der Waals surface area contributed by atoms with E-state index in [9.17, 15) is 4.79 Å². The lowest BCUT2D eigenvalue weighted by molar-refractivity contribution is 0.102. The number of benzene rings is 2. The Balaban J connectivity index is 1.84. The summed E-state index contributed by atoms with van der Waals surface area (Å²) >= 11 is 6.28. The normalized spacial score (nSPS) is 10.2. The largest absolute Gasteiger partial charge is 0.324 e. The topological polar surface area (TPSA) is 90.7 Å². The minimum absolute atomic E-state index is 0.222. The van der Waals surface area contributed by atoms with Crippen LogP contribution in [0.25, 0.3) is 0 Å². The second-order valence-corrected chi connectivity index (χ2v) is 6.83. The molecule has 7 heteroatoms. The van der Waals surface area contributed by atoms with Crippen LogP contribution < -0.4 is 10.6 Å². The van der Waals surface area contributed by atoms with Crippen LogP contribution in [0.3, 0.4) is 0 Å². The predicted molar refractivity (Wildman–Crippen MR) is 110 cm³/mol. The van der Waals surface area contributed by atoms with Crippen molar-refractivity contribution in [2.45, 2.75) is 20.8 Å². The summed E-state index contributed by atoms with van der Waals surface area (Å²) < 4.78 is 0. The molecule has 0 aliphatic rings. The molecule has 3 aromatic rings. The average molecular weight is 392 g/mol. The lowest BCUT2D eigenvalue weighted by atomic mass is 10.1. The molecule has 0 radical (unpaired) electrons. The van der Waals surface area contributed by atoms with Crippen LogP contribution in [0.5, 0.6) is 0 Å². The van der Waals surface area contributed by atoms with Crippen LogP contribution in [0.2, 0.25) is 5.02 Å². The lowest BCUT2D eigenvalue weighted by Crippen LogP contribution is -2.16. The van der Waals surface area contributed by atoms with Gasteiger partial charge in [0, 0.05) is 11.4 Å². The third-order valence-electron chi connectivity index (χ3n) is 4.03. The molecule has 0 aliphatic heterocycles. The Hall–Kier alpha value is -3.43. The molecule has 28 heavy (non-hydrogen) atoms. The van der Waals surface area contributed by atoms with E-state index in [0.717, 1.165) is 11.1 Å². The highest BCUT2D eigenvalue weighted by Crippen LogP contribution is 2.27. The number of amides is 1. The molecule has 2 N–H and O–H groups in total. The molecule has 0 fully saturated rings. The molecule has 0 unspecified atom stereocenters. The zero-order valence-electron chi connectivity index (χ0n) is 15.7. The Kier molecular flexibility index (Phi) is 5.57. The SMILES string of the molecule is Cc1cc(C)c(NC(=O)c2cc(C)nc(Nc3ccc(C#N)cc3)n2)c(Cl)c1. The molecule has 1 heterocycles. The van der Waals surface area contributed by atoms with Crippen molar-refractivity contribution < 1.29 is 4.79 Å². The summed E-state index contributed by atoms with van der Waals surface area (Å²) in [5.41, 5.74) is 4.60. The Labute approximate surface area is 168 Å². The molecule has 0 atom stereocenters. The van der Waals surface area contributed by atoms with Gasteiger partial charge in [-0.25, -0.2) is 9.97 Å². The van der Waals surface area contributed by atoms with Crippen molar-refractivity contribution in [2.24, 2.45) is 0 Å². The highest BCUT2D eigenvalue weighted by molar-refractivity contribution is 6.34. The Morgan fingerprint density at radius 3 is 2.43 bits per heavy atom. The van der Waals surface area contributed by atoms with Crippen molar-refractivity contribution in [2.75, 3.05) is 10.6 Å². The maximum absolute atomic E-state index is 12.7. The molecule has 0 bridgehead atoms. The predicted octanol–water partition coefficient (Wildman–Crippen LogP) is 4.92. The number of anilines is 3. The summed E-state index contributed by atoms with van der Waals surface area (Å²) in [6.45, 7) is 5.61. The van der Waals surface area contributed by atoms with Crippen molar-refractivity contribution >= 4 is 34.8 Å². The van der Waals surface area contributed by atoms with Crippen LogP contribution >= 0.6 is 11.6 Å². The van der Waals surface area contributed by atoms with E-state index >= 15 is 0 Å². The molecule has 3 rings (SSSR count). The summed E-state index contributed by atoms with van der Waals surface area (Å²) in [4.78, 5) is 21.3. The van der Waals surface area contributed by atoms with Gasteiger partial charge in [0.1, 0.15) is 5.69 Å². The average Bonchev–Trinajstić information content (AvgIpc) is 2.64. The van der Waals surface area contributed by atoms with Gasteiger partial charge in [-0.05, 0) is 68.3 Å². The Bertz CT molecular complexity index is 1060. The first kappa shape index (κ1) is 19.3. The van der Waals surface area contributed by atoms with Gasteiger partial charge in [0.05, 0.1) is 22.3 Å². The van der Waals surface area contributed by atoms with Crippen LogP contribution in [0.4, 0.5) is 17.3 Å². The molecule has 0 saturated carbocycles. The fourth-order valence-corrected chi connectivity index (χ4v) is 3.12. The van der Waals surface area contributed by atoms with Crippen LogP contribution in [-0.4, -0.2) is 15.9 Å². The third kappa shape index (κ3) is 4.45. The zero-order valence-corrected chi connectivity index (χ0v) is 16.4. The number of nitrogens with one attached hydrogen (secondary N) is 2. The number of hydrogen-bond acceptors (Lipinski definition) is 5. The van der Waals surface area contributed by atoms with E-state index in [1.165, 1.54) is 0 Å². The zero-order chi connectivity index (χ0) is 20.3. The lowest BCUT2D eigenvalue weighted by Gasteiger charge is -2.12. The monoisotopic (exact) mass is 391 g/mol.